The van der Waals surface area contributed by atoms with Crippen molar-refractivity contribution in [1.29, 1.82) is 0 Å². The molecule has 0 spiro atoms. The molecule has 23 heavy (non-hydrogen) atoms. The van der Waals surface area contributed by atoms with E-state index in [4.69, 9.17) is 0 Å². The first-order valence-corrected chi connectivity index (χ1v) is 9.04. The van der Waals surface area contributed by atoms with Crippen LogP contribution in [0, 0.1) is 0 Å². The molecule has 1 saturated heterocycles. The highest BCUT2D eigenvalue weighted by Crippen LogP contribution is 2.23. The van der Waals surface area contributed by atoms with Crippen molar-refractivity contribution in [1.82, 2.24) is 13.8 Å². The van der Waals surface area contributed by atoms with E-state index in [2.05, 4.69) is 11.8 Å². The number of benzene rings is 1. The lowest BCUT2D eigenvalue weighted by Crippen LogP contribution is -2.50. The molecule has 2 aromatic rings. The number of rotatable bonds is 4. The van der Waals surface area contributed by atoms with Crippen LogP contribution in [0.15, 0.2) is 29.1 Å². The van der Waals surface area contributed by atoms with Crippen molar-refractivity contribution in [2.75, 3.05) is 32.7 Å². The summed E-state index contributed by atoms with van der Waals surface area (Å²) in [6.07, 6.45) is 0.638. The molecule has 1 amide bonds. The van der Waals surface area contributed by atoms with E-state index in [9.17, 15) is 9.59 Å². The second-order valence-electron chi connectivity index (χ2n) is 5.90. The van der Waals surface area contributed by atoms with Gasteiger partial charge in [-0.15, -0.1) is 0 Å². The number of likely N-dealkylation sites (N-methyl/N-ethyl adjacent to an activating group) is 1. The molecule has 0 N–H and O–H groups in total. The molecule has 1 aromatic heterocycles. The first-order chi connectivity index (χ1) is 11.2. The zero-order valence-corrected chi connectivity index (χ0v) is 14.5. The van der Waals surface area contributed by atoms with Crippen molar-refractivity contribution in [2.45, 2.75) is 26.3 Å². The molecule has 1 aliphatic heterocycles. The molecule has 0 radical (unpaired) electrons. The third-order valence-corrected chi connectivity index (χ3v) is 5.77. The Morgan fingerprint density at radius 2 is 1.87 bits per heavy atom. The Bertz CT molecular complexity index is 744. The van der Waals surface area contributed by atoms with Crippen LogP contribution < -0.4 is 5.56 Å². The fraction of sp³-hybridized carbons (Fsp3) is 0.529. The summed E-state index contributed by atoms with van der Waals surface area (Å²) in [6, 6.07) is 7.19. The van der Waals surface area contributed by atoms with Crippen LogP contribution in [-0.2, 0) is 4.79 Å². The average Bonchev–Trinajstić information content (AvgIpc) is 2.93. The van der Waals surface area contributed by atoms with Gasteiger partial charge in [-0.1, -0.05) is 37.5 Å². The van der Waals surface area contributed by atoms with Crippen molar-refractivity contribution >= 4 is 27.5 Å². The summed E-state index contributed by atoms with van der Waals surface area (Å²) in [6.45, 7) is 8.48. The van der Waals surface area contributed by atoms with Crippen LogP contribution in [-0.4, -0.2) is 52.4 Å². The summed E-state index contributed by atoms with van der Waals surface area (Å²) in [5.74, 6) is 0.0805. The standard InChI is InChI=1S/C17H23N3O2S/c1-3-14(17(22)19-11-9-18(4-2)10-12-19)20-16(21)13-7-5-6-8-15(13)23-20/h5-8,14H,3-4,9-12H2,1-2H3. The Morgan fingerprint density at radius 1 is 1.17 bits per heavy atom. The molecule has 5 nitrogen and oxygen atoms in total. The second kappa shape index (κ2) is 6.84. The molecular weight excluding hydrogens is 310 g/mol. The second-order valence-corrected chi connectivity index (χ2v) is 6.92. The number of nitrogens with zero attached hydrogens (tertiary/aromatic N) is 3. The smallest absolute Gasteiger partial charge is 0.269 e. The normalized spacial score (nSPS) is 17.6. The van der Waals surface area contributed by atoms with E-state index >= 15 is 0 Å². The van der Waals surface area contributed by atoms with Crippen LogP contribution in [0.25, 0.3) is 10.1 Å². The van der Waals surface area contributed by atoms with E-state index in [1.54, 1.807) is 3.96 Å². The predicted octanol–water partition coefficient (Wildman–Crippen LogP) is 2.18. The number of carbonyl (C=O) groups is 1. The maximum atomic E-state index is 12.9. The number of carbonyl (C=O) groups excluding carboxylic acids is 1. The van der Waals surface area contributed by atoms with E-state index in [0.717, 1.165) is 37.4 Å². The number of amides is 1. The summed E-state index contributed by atoms with van der Waals surface area (Å²) in [5, 5.41) is 0.708. The molecule has 1 fully saturated rings. The molecule has 1 atom stereocenters. The largest absolute Gasteiger partial charge is 0.338 e. The van der Waals surface area contributed by atoms with Gasteiger partial charge in [0.15, 0.2) is 0 Å². The monoisotopic (exact) mass is 333 g/mol. The topological polar surface area (TPSA) is 45.6 Å². The molecule has 0 saturated carbocycles. The fourth-order valence-electron chi connectivity index (χ4n) is 3.13. The van der Waals surface area contributed by atoms with Crippen LogP contribution in [0.4, 0.5) is 0 Å². The van der Waals surface area contributed by atoms with Gasteiger partial charge in [0.2, 0.25) is 5.91 Å². The van der Waals surface area contributed by atoms with Crippen molar-refractivity contribution in [3.05, 3.63) is 34.6 Å². The number of piperazine rings is 1. The zero-order valence-electron chi connectivity index (χ0n) is 13.7. The van der Waals surface area contributed by atoms with Gasteiger partial charge < -0.3 is 9.80 Å². The molecule has 6 heteroatoms. The zero-order chi connectivity index (χ0) is 16.4. The third kappa shape index (κ3) is 3.05. The third-order valence-electron chi connectivity index (χ3n) is 4.60. The molecular formula is C17H23N3O2S. The number of hydrogen-bond acceptors (Lipinski definition) is 4. The molecule has 1 aromatic carbocycles. The van der Waals surface area contributed by atoms with Gasteiger partial charge in [-0.05, 0) is 25.1 Å². The summed E-state index contributed by atoms with van der Waals surface area (Å²) in [4.78, 5) is 29.8. The van der Waals surface area contributed by atoms with E-state index in [1.165, 1.54) is 11.5 Å². The summed E-state index contributed by atoms with van der Waals surface area (Å²) >= 11 is 1.40. The summed E-state index contributed by atoms with van der Waals surface area (Å²) < 4.78 is 2.61. The van der Waals surface area contributed by atoms with E-state index in [0.29, 0.717) is 11.8 Å². The van der Waals surface area contributed by atoms with E-state index in [1.807, 2.05) is 36.1 Å². The van der Waals surface area contributed by atoms with Crippen LogP contribution >= 0.6 is 11.5 Å². The highest BCUT2D eigenvalue weighted by Gasteiger charge is 2.29. The molecule has 0 aliphatic carbocycles. The number of hydrogen-bond donors (Lipinski definition) is 0. The lowest BCUT2D eigenvalue weighted by atomic mass is 10.1. The minimum atomic E-state index is -0.381. The van der Waals surface area contributed by atoms with Gasteiger partial charge in [-0.25, -0.2) is 0 Å². The molecule has 124 valence electrons. The number of fused-ring (bicyclic) bond motifs is 1. The maximum absolute atomic E-state index is 12.9. The first kappa shape index (κ1) is 16.2. The van der Waals surface area contributed by atoms with Gasteiger partial charge in [-0.2, -0.15) is 0 Å². The van der Waals surface area contributed by atoms with Crippen LogP contribution in [0.1, 0.15) is 26.3 Å². The fourth-order valence-corrected chi connectivity index (χ4v) is 4.28. The maximum Gasteiger partial charge on any atom is 0.269 e. The molecule has 1 aliphatic rings. The van der Waals surface area contributed by atoms with Gasteiger partial charge in [0, 0.05) is 26.2 Å². The SMILES string of the molecule is CCC(C(=O)N1CCN(CC)CC1)n1sc2ccccc2c1=O. The molecule has 0 bridgehead atoms. The van der Waals surface area contributed by atoms with Crippen LogP contribution in [0.5, 0.6) is 0 Å². The van der Waals surface area contributed by atoms with Crippen molar-refractivity contribution in [3.8, 4) is 0 Å². The van der Waals surface area contributed by atoms with Crippen molar-refractivity contribution in [2.24, 2.45) is 0 Å². The number of aromatic nitrogens is 1. The van der Waals surface area contributed by atoms with Crippen molar-refractivity contribution < 1.29 is 4.79 Å². The quantitative estimate of drug-likeness (QED) is 0.861. The summed E-state index contributed by atoms with van der Waals surface area (Å²) in [7, 11) is 0. The van der Waals surface area contributed by atoms with Crippen LogP contribution in [0.3, 0.4) is 0 Å². The van der Waals surface area contributed by atoms with Gasteiger partial charge in [0.05, 0.1) is 10.1 Å². The van der Waals surface area contributed by atoms with Gasteiger partial charge in [0.25, 0.3) is 5.56 Å². The van der Waals surface area contributed by atoms with Gasteiger partial charge in [0.1, 0.15) is 6.04 Å². The molecule has 2 heterocycles. The summed E-state index contributed by atoms with van der Waals surface area (Å²) in [5.41, 5.74) is -0.0435. The van der Waals surface area contributed by atoms with E-state index in [-0.39, 0.29) is 17.5 Å². The molecule has 3 rings (SSSR count). The first-order valence-electron chi connectivity index (χ1n) is 8.27. The minimum absolute atomic E-state index is 0.0435. The van der Waals surface area contributed by atoms with Gasteiger partial charge >= 0.3 is 0 Å². The highest BCUT2D eigenvalue weighted by molar-refractivity contribution is 7.14. The Labute approximate surface area is 140 Å². The van der Waals surface area contributed by atoms with Gasteiger partial charge in [-0.3, -0.25) is 13.5 Å². The average molecular weight is 333 g/mol. The predicted molar refractivity (Wildman–Crippen MR) is 94.1 cm³/mol. The Hall–Kier alpha value is -1.66. The van der Waals surface area contributed by atoms with E-state index < -0.39 is 0 Å². The Kier molecular flexibility index (Phi) is 4.82. The minimum Gasteiger partial charge on any atom is -0.338 e. The van der Waals surface area contributed by atoms with Crippen LogP contribution in [0.2, 0.25) is 0 Å². The lowest BCUT2D eigenvalue weighted by Gasteiger charge is -2.35. The Balaban J connectivity index is 1.85. The van der Waals surface area contributed by atoms with Crippen molar-refractivity contribution in [3.63, 3.8) is 0 Å². The Morgan fingerprint density at radius 3 is 2.48 bits per heavy atom. The lowest BCUT2D eigenvalue weighted by molar-refractivity contribution is -0.136. The molecule has 1 unspecified atom stereocenters. The highest BCUT2D eigenvalue weighted by atomic mass is 32.1.